The molecule has 132 valence electrons. The number of sulfonamides is 1. The van der Waals surface area contributed by atoms with Crippen LogP contribution in [0.25, 0.3) is 0 Å². The molecule has 2 rings (SSSR count). The van der Waals surface area contributed by atoms with E-state index in [4.69, 9.17) is 11.6 Å². The number of hydrogen-bond donors (Lipinski definition) is 1. The molecule has 1 amide bonds. The van der Waals surface area contributed by atoms with E-state index in [-0.39, 0.29) is 12.5 Å². The van der Waals surface area contributed by atoms with E-state index in [1.807, 2.05) is 13.0 Å². The quantitative estimate of drug-likeness (QED) is 0.776. The van der Waals surface area contributed by atoms with E-state index in [1.54, 1.807) is 36.4 Å². The number of benzene rings is 2. The molecule has 0 fully saturated rings. The molecule has 0 unspecified atom stereocenters. The maximum atomic E-state index is 12.4. The molecule has 0 spiro atoms. The van der Waals surface area contributed by atoms with Crippen LogP contribution in [0.3, 0.4) is 0 Å². The maximum absolute atomic E-state index is 12.4. The molecule has 0 saturated heterocycles. The average molecular weight is 379 g/mol. The SMILES string of the molecule is C=CCN(c1ccc(C(=O)Nc2cc(Cl)ccc2C)cc1)S(C)(=O)=O. The minimum absolute atomic E-state index is 0.159. The summed E-state index contributed by atoms with van der Waals surface area (Å²) in [5.41, 5.74) is 2.41. The van der Waals surface area contributed by atoms with Gasteiger partial charge in [-0.3, -0.25) is 9.10 Å². The van der Waals surface area contributed by atoms with Gasteiger partial charge in [0.15, 0.2) is 0 Å². The summed E-state index contributed by atoms with van der Waals surface area (Å²) in [6.45, 7) is 5.59. The lowest BCUT2D eigenvalue weighted by atomic mass is 10.1. The number of carbonyl (C=O) groups is 1. The number of hydrogen-bond acceptors (Lipinski definition) is 3. The molecular formula is C18H19ClN2O3S. The molecule has 2 aromatic carbocycles. The zero-order chi connectivity index (χ0) is 18.6. The number of nitrogens with one attached hydrogen (secondary N) is 1. The fourth-order valence-electron chi connectivity index (χ4n) is 2.25. The first kappa shape index (κ1) is 19.0. The van der Waals surface area contributed by atoms with E-state index in [1.165, 1.54) is 10.4 Å². The summed E-state index contributed by atoms with van der Waals surface area (Å²) < 4.78 is 24.9. The summed E-state index contributed by atoms with van der Waals surface area (Å²) >= 11 is 5.95. The standard InChI is InChI=1S/C18H19ClN2O3S/c1-4-11-21(25(3,23)24)16-9-6-14(7-10-16)18(22)20-17-12-15(19)8-5-13(17)2/h4-10,12H,1,11H2,2-3H3,(H,20,22). The fourth-order valence-corrected chi connectivity index (χ4v) is 3.30. The van der Waals surface area contributed by atoms with Gasteiger partial charge in [0.2, 0.25) is 10.0 Å². The fraction of sp³-hybridized carbons (Fsp3) is 0.167. The molecule has 5 nitrogen and oxygen atoms in total. The summed E-state index contributed by atoms with van der Waals surface area (Å²) in [6, 6.07) is 11.6. The first-order valence-electron chi connectivity index (χ1n) is 7.48. The molecule has 0 aliphatic rings. The van der Waals surface area contributed by atoms with E-state index in [2.05, 4.69) is 11.9 Å². The predicted octanol–water partition coefficient (Wildman–Crippen LogP) is 3.85. The Morgan fingerprint density at radius 3 is 2.44 bits per heavy atom. The van der Waals surface area contributed by atoms with Crippen LogP contribution in [-0.2, 0) is 10.0 Å². The van der Waals surface area contributed by atoms with Crippen LogP contribution in [0.2, 0.25) is 5.02 Å². The topological polar surface area (TPSA) is 66.5 Å². The lowest BCUT2D eigenvalue weighted by molar-refractivity contribution is 0.102. The summed E-state index contributed by atoms with van der Waals surface area (Å²) in [7, 11) is -3.43. The van der Waals surface area contributed by atoms with Crippen molar-refractivity contribution in [3.63, 3.8) is 0 Å². The van der Waals surface area contributed by atoms with Gasteiger partial charge in [-0.15, -0.1) is 6.58 Å². The first-order valence-corrected chi connectivity index (χ1v) is 9.71. The van der Waals surface area contributed by atoms with Gasteiger partial charge < -0.3 is 5.32 Å². The van der Waals surface area contributed by atoms with E-state index in [9.17, 15) is 13.2 Å². The van der Waals surface area contributed by atoms with Crippen LogP contribution in [0.15, 0.2) is 55.1 Å². The van der Waals surface area contributed by atoms with Gasteiger partial charge in [-0.25, -0.2) is 8.42 Å². The highest BCUT2D eigenvalue weighted by atomic mass is 35.5. The number of anilines is 2. The second kappa shape index (κ2) is 7.72. The van der Waals surface area contributed by atoms with Crippen LogP contribution >= 0.6 is 11.6 Å². The normalized spacial score (nSPS) is 11.0. The Bertz CT molecular complexity index is 893. The molecule has 0 atom stereocenters. The summed E-state index contributed by atoms with van der Waals surface area (Å²) in [5.74, 6) is -0.299. The van der Waals surface area contributed by atoms with Crippen LogP contribution in [0.4, 0.5) is 11.4 Å². The second-order valence-electron chi connectivity index (χ2n) is 5.54. The molecule has 0 aromatic heterocycles. The Morgan fingerprint density at radius 2 is 1.88 bits per heavy atom. The lowest BCUT2D eigenvalue weighted by Gasteiger charge is -2.20. The Morgan fingerprint density at radius 1 is 1.24 bits per heavy atom. The van der Waals surface area contributed by atoms with E-state index in [0.29, 0.717) is 22.0 Å². The van der Waals surface area contributed by atoms with E-state index < -0.39 is 10.0 Å². The van der Waals surface area contributed by atoms with Crippen molar-refractivity contribution in [1.82, 2.24) is 0 Å². The van der Waals surface area contributed by atoms with Gasteiger partial charge in [0, 0.05) is 16.3 Å². The Balaban J connectivity index is 2.22. The smallest absolute Gasteiger partial charge is 0.255 e. The van der Waals surface area contributed by atoms with Gasteiger partial charge in [0.1, 0.15) is 0 Å². The number of aryl methyl sites for hydroxylation is 1. The van der Waals surface area contributed by atoms with Gasteiger partial charge in [0.25, 0.3) is 5.91 Å². The molecule has 2 aromatic rings. The number of halogens is 1. The summed E-state index contributed by atoms with van der Waals surface area (Å²) in [5, 5.41) is 3.33. The molecule has 25 heavy (non-hydrogen) atoms. The minimum atomic E-state index is -3.43. The molecule has 1 N–H and O–H groups in total. The number of amides is 1. The zero-order valence-electron chi connectivity index (χ0n) is 14.0. The Labute approximate surface area is 153 Å². The van der Waals surface area contributed by atoms with Crippen LogP contribution in [-0.4, -0.2) is 27.1 Å². The lowest BCUT2D eigenvalue weighted by Crippen LogP contribution is -2.29. The average Bonchev–Trinajstić information content (AvgIpc) is 2.55. The van der Waals surface area contributed by atoms with Crippen molar-refractivity contribution < 1.29 is 13.2 Å². The molecule has 0 aliphatic heterocycles. The highest BCUT2D eigenvalue weighted by molar-refractivity contribution is 7.92. The Hall–Kier alpha value is -2.31. The van der Waals surface area contributed by atoms with Crippen molar-refractivity contribution in [2.75, 3.05) is 22.4 Å². The van der Waals surface area contributed by atoms with E-state index >= 15 is 0 Å². The monoisotopic (exact) mass is 378 g/mol. The number of rotatable bonds is 6. The van der Waals surface area contributed by atoms with Crippen LogP contribution in [0.5, 0.6) is 0 Å². The van der Waals surface area contributed by atoms with Crippen LogP contribution in [0, 0.1) is 6.92 Å². The van der Waals surface area contributed by atoms with Crippen molar-refractivity contribution in [2.45, 2.75) is 6.92 Å². The molecule has 7 heteroatoms. The molecule has 0 bridgehead atoms. The Kier molecular flexibility index (Phi) is 5.87. The third kappa shape index (κ3) is 4.84. The molecular weight excluding hydrogens is 360 g/mol. The number of nitrogens with zero attached hydrogens (tertiary/aromatic N) is 1. The molecule has 0 aliphatic carbocycles. The third-order valence-electron chi connectivity index (χ3n) is 3.56. The van der Waals surface area contributed by atoms with Crippen molar-refractivity contribution in [2.24, 2.45) is 0 Å². The molecule has 0 saturated carbocycles. The highest BCUT2D eigenvalue weighted by Crippen LogP contribution is 2.22. The van der Waals surface area contributed by atoms with Crippen molar-refractivity contribution in [3.05, 3.63) is 71.3 Å². The van der Waals surface area contributed by atoms with Crippen molar-refractivity contribution in [3.8, 4) is 0 Å². The minimum Gasteiger partial charge on any atom is -0.322 e. The van der Waals surface area contributed by atoms with Gasteiger partial charge in [0.05, 0.1) is 18.5 Å². The maximum Gasteiger partial charge on any atom is 0.255 e. The van der Waals surface area contributed by atoms with Crippen LogP contribution < -0.4 is 9.62 Å². The van der Waals surface area contributed by atoms with Crippen molar-refractivity contribution in [1.29, 1.82) is 0 Å². The predicted molar refractivity (Wildman–Crippen MR) is 103 cm³/mol. The summed E-state index contributed by atoms with van der Waals surface area (Å²) in [4.78, 5) is 12.4. The first-order chi connectivity index (χ1) is 11.7. The van der Waals surface area contributed by atoms with Gasteiger partial charge >= 0.3 is 0 Å². The largest absolute Gasteiger partial charge is 0.322 e. The second-order valence-corrected chi connectivity index (χ2v) is 7.89. The van der Waals surface area contributed by atoms with Gasteiger partial charge in [-0.1, -0.05) is 23.7 Å². The zero-order valence-corrected chi connectivity index (χ0v) is 15.6. The number of carbonyl (C=O) groups excluding carboxylic acids is 1. The van der Waals surface area contributed by atoms with Crippen LogP contribution in [0.1, 0.15) is 15.9 Å². The summed E-state index contributed by atoms with van der Waals surface area (Å²) in [6.07, 6.45) is 2.63. The van der Waals surface area contributed by atoms with Crippen molar-refractivity contribution >= 4 is 38.9 Å². The molecule has 0 heterocycles. The van der Waals surface area contributed by atoms with Gasteiger partial charge in [-0.2, -0.15) is 0 Å². The van der Waals surface area contributed by atoms with E-state index in [0.717, 1.165) is 11.8 Å². The highest BCUT2D eigenvalue weighted by Gasteiger charge is 2.16. The third-order valence-corrected chi connectivity index (χ3v) is 4.96. The van der Waals surface area contributed by atoms with Gasteiger partial charge in [-0.05, 0) is 48.9 Å². The molecule has 0 radical (unpaired) electrons.